The Balaban J connectivity index is 1.83. The Kier molecular flexibility index (Phi) is 5.74. The molecule has 1 N–H and O–H groups in total. The predicted octanol–water partition coefficient (Wildman–Crippen LogP) is 2.33. The van der Waals surface area contributed by atoms with Crippen LogP contribution < -0.4 is 5.56 Å². The van der Waals surface area contributed by atoms with Crippen LogP contribution in [-0.4, -0.2) is 54.3 Å². The van der Waals surface area contributed by atoms with E-state index < -0.39 is 5.97 Å². The molecule has 0 aliphatic heterocycles. The number of aryl methyl sites for hydroxylation is 1. The van der Waals surface area contributed by atoms with E-state index in [9.17, 15) is 9.59 Å². The summed E-state index contributed by atoms with van der Waals surface area (Å²) in [6.07, 6.45) is 2.54. The molecular weight excluding hydrogens is 354 g/mol. The van der Waals surface area contributed by atoms with Crippen LogP contribution in [-0.2, 0) is 16.0 Å². The Bertz CT molecular complexity index is 856. The molecule has 0 radical (unpaired) electrons. The van der Waals surface area contributed by atoms with Crippen LogP contribution in [0.15, 0.2) is 4.79 Å². The zero-order valence-corrected chi connectivity index (χ0v) is 16.4. The summed E-state index contributed by atoms with van der Waals surface area (Å²) in [5.74, 6) is 0.925. The van der Waals surface area contributed by atoms with Gasteiger partial charge in [-0.05, 0) is 45.2 Å². The molecule has 0 saturated heterocycles. The summed E-state index contributed by atoms with van der Waals surface area (Å²) in [6, 6.07) is 0.465. The highest BCUT2D eigenvalue weighted by molar-refractivity contribution is 7.20. The number of ether oxygens (including phenoxy) is 2. The van der Waals surface area contributed by atoms with Crippen molar-refractivity contribution in [3.63, 3.8) is 0 Å². The van der Waals surface area contributed by atoms with Gasteiger partial charge in [0.25, 0.3) is 5.56 Å². The molecule has 0 aromatic carbocycles. The average Bonchev–Trinajstić information content (AvgIpc) is 3.38. The highest BCUT2D eigenvalue weighted by Crippen LogP contribution is 2.35. The second-order valence-electron chi connectivity index (χ2n) is 6.87. The lowest BCUT2D eigenvalue weighted by Gasteiger charge is -2.23. The smallest absolute Gasteiger partial charge is 0.348 e. The number of rotatable bonds is 8. The van der Waals surface area contributed by atoms with E-state index in [0.717, 1.165) is 5.92 Å². The SMILES string of the molecule is COCCOC(=O)c1sc2nc(CN(C)C(C)C3CC3)[nH]c(=O)c2c1C. The van der Waals surface area contributed by atoms with Crippen molar-refractivity contribution < 1.29 is 14.3 Å². The molecule has 142 valence electrons. The lowest BCUT2D eigenvalue weighted by molar-refractivity contribution is 0.0393. The normalized spacial score (nSPS) is 15.6. The lowest BCUT2D eigenvalue weighted by Crippen LogP contribution is -2.31. The molecule has 2 aromatic rings. The van der Waals surface area contributed by atoms with Crippen LogP contribution >= 0.6 is 11.3 Å². The van der Waals surface area contributed by atoms with Crippen LogP contribution in [0.25, 0.3) is 10.2 Å². The molecule has 1 unspecified atom stereocenters. The third-order valence-corrected chi connectivity index (χ3v) is 6.12. The van der Waals surface area contributed by atoms with Crippen molar-refractivity contribution in [3.8, 4) is 0 Å². The molecule has 1 aliphatic carbocycles. The van der Waals surface area contributed by atoms with E-state index in [0.29, 0.717) is 45.7 Å². The topological polar surface area (TPSA) is 84.5 Å². The van der Waals surface area contributed by atoms with E-state index in [1.165, 1.54) is 24.2 Å². The first-order chi connectivity index (χ1) is 12.4. The minimum Gasteiger partial charge on any atom is -0.459 e. The first-order valence-electron chi connectivity index (χ1n) is 8.81. The van der Waals surface area contributed by atoms with Crippen LogP contribution in [0.3, 0.4) is 0 Å². The lowest BCUT2D eigenvalue weighted by atomic mass is 10.2. The van der Waals surface area contributed by atoms with Gasteiger partial charge in [0.2, 0.25) is 0 Å². The third-order valence-electron chi connectivity index (χ3n) is 4.95. The second kappa shape index (κ2) is 7.85. The van der Waals surface area contributed by atoms with Crippen molar-refractivity contribution in [2.45, 2.75) is 39.3 Å². The monoisotopic (exact) mass is 379 g/mol. The minimum absolute atomic E-state index is 0.182. The number of methoxy groups -OCH3 is 1. The number of aromatic amines is 1. The van der Waals surface area contributed by atoms with Gasteiger partial charge in [0.05, 0.1) is 18.5 Å². The molecule has 0 bridgehead atoms. The first kappa shape index (κ1) is 19.0. The Morgan fingerprint density at radius 2 is 2.15 bits per heavy atom. The van der Waals surface area contributed by atoms with E-state index in [4.69, 9.17) is 9.47 Å². The summed E-state index contributed by atoms with van der Waals surface area (Å²) in [7, 11) is 3.59. The minimum atomic E-state index is -0.442. The number of hydrogen-bond donors (Lipinski definition) is 1. The third kappa shape index (κ3) is 3.97. The average molecular weight is 379 g/mol. The van der Waals surface area contributed by atoms with E-state index in [-0.39, 0.29) is 12.2 Å². The predicted molar refractivity (Wildman–Crippen MR) is 101 cm³/mol. The van der Waals surface area contributed by atoms with Crippen LogP contribution in [0.5, 0.6) is 0 Å². The van der Waals surface area contributed by atoms with Gasteiger partial charge in [0, 0.05) is 13.2 Å². The summed E-state index contributed by atoms with van der Waals surface area (Å²) in [5, 5.41) is 0.468. The standard InChI is InChI=1S/C18H25N3O4S/c1-10-14-16(22)19-13(9-21(3)11(2)12-5-6-12)20-17(14)26-15(10)18(23)25-8-7-24-4/h11-12H,5-9H2,1-4H3,(H,19,20,22). The first-order valence-corrected chi connectivity index (χ1v) is 9.62. The molecule has 2 aromatic heterocycles. The van der Waals surface area contributed by atoms with Crippen LogP contribution in [0.2, 0.25) is 0 Å². The number of fused-ring (bicyclic) bond motifs is 1. The van der Waals surface area contributed by atoms with Crippen LogP contribution in [0.1, 0.15) is 40.8 Å². The fraction of sp³-hybridized carbons (Fsp3) is 0.611. The Morgan fingerprint density at radius 3 is 2.81 bits per heavy atom. The maximum atomic E-state index is 12.5. The highest BCUT2D eigenvalue weighted by atomic mass is 32.1. The number of H-pyrrole nitrogens is 1. The van der Waals surface area contributed by atoms with E-state index in [2.05, 4.69) is 21.8 Å². The summed E-state index contributed by atoms with van der Waals surface area (Å²) in [4.78, 5) is 35.4. The van der Waals surface area contributed by atoms with Crippen molar-refractivity contribution >= 4 is 27.5 Å². The van der Waals surface area contributed by atoms with Crippen LogP contribution in [0.4, 0.5) is 0 Å². The molecule has 1 atom stereocenters. The van der Waals surface area contributed by atoms with Gasteiger partial charge in [-0.2, -0.15) is 0 Å². The summed E-state index contributed by atoms with van der Waals surface area (Å²) < 4.78 is 10.1. The van der Waals surface area contributed by atoms with Gasteiger partial charge in [-0.3, -0.25) is 9.69 Å². The van der Waals surface area contributed by atoms with Crippen molar-refractivity contribution in [3.05, 3.63) is 26.6 Å². The number of carbonyl (C=O) groups is 1. The number of nitrogens with zero attached hydrogens (tertiary/aromatic N) is 2. The number of nitrogens with one attached hydrogen (secondary N) is 1. The number of esters is 1. The maximum Gasteiger partial charge on any atom is 0.348 e. The van der Waals surface area contributed by atoms with Crippen molar-refractivity contribution in [1.82, 2.24) is 14.9 Å². The number of carbonyl (C=O) groups excluding carboxylic acids is 1. The second-order valence-corrected chi connectivity index (χ2v) is 7.87. The van der Waals surface area contributed by atoms with Crippen molar-refractivity contribution in [2.75, 3.05) is 27.4 Å². The van der Waals surface area contributed by atoms with Gasteiger partial charge in [0.1, 0.15) is 22.1 Å². The largest absolute Gasteiger partial charge is 0.459 e. The van der Waals surface area contributed by atoms with Gasteiger partial charge in [-0.1, -0.05) is 0 Å². The molecule has 0 spiro atoms. The Morgan fingerprint density at radius 1 is 1.42 bits per heavy atom. The fourth-order valence-electron chi connectivity index (χ4n) is 3.06. The number of hydrogen-bond acceptors (Lipinski definition) is 7. The summed E-state index contributed by atoms with van der Waals surface area (Å²) in [6.45, 7) is 5.06. The Labute approximate surface area is 156 Å². The van der Waals surface area contributed by atoms with Gasteiger partial charge in [-0.25, -0.2) is 9.78 Å². The van der Waals surface area contributed by atoms with Crippen LogP contribution in [0, 0.1) is 12.8 Å². The van der Waals surface area contributed by atoms with E-state index in [1.807, 2.05) is 7.05 Å². The van der Waals surface area contributed by atoms with Crippen molar-refractivity contribution in [1.29, 1.82) is 0 Å². The van der Waals surface area contributed by atoms with E-state index >= 15 is 0 Å². The molecule has 3 rings (SSSR count). The zero-order chi connectivity index (χ0) is 18.8. The molecular formula is C18H25N3O4S. The maximum absolute atomic E-state index is 12.5. The molecule has 0 amide bonds. The Hall–Kier alpha value is -1.77. The van der Waals surface area contributed by atoms with E-state index in [1.54, 1.807) is 14.0 Å². The molecule has 26 heavy (non-hydrogen) atoms. The highest BCUT2D eigenvalue weighted by Gasteiger charge is 2.30. The number of thiophene rings is 1. The molecule has 1 fully saturated rings. The van der Waals surface area contributed by atoms with Crippen molar-refractivity contribution in [2.24, 2.45) is 5.92 Å². The molecule has 2 heterocycles. The summed E-state index contributed by atoms with van der Waals surface area (Å²) in [5.41, 5.74) is 0.412. The summed E-state index contributed by atoms with van der Waals surface area (Å²) >= 11 is 1.21. The molecule has 1 saturated carbocycles. The molecule has 1 aliphatic rings. The van der Waals surface area contributed by atoms with Gasteiger partial charge < -0.3 is 14.5 Å². The molecule has 8 heteroatoms. The van der Waals surface area contributed by atoms with Gasteiger partial charge >= 0.3 is 5.97 Å². The van der Waals surface area contributed by atoms with Gasteiger partial charge in [-0.15, -0.1) is 11.3 Å². The van der Waals surface area contributed by atoms with Gasteiger partial charge in [0.15, 0.2) is 0 Å². The number of aromatic nitrogens is 2. The zero-order valence-electron chi connectivity index (χ0n) is 15.6. The fourth-order valence-corrected chi connectivity index (χ4v) is 4.15. The quantitative estimate of drug-likeness (QED) is 0.560. The molecule has 7 nitrogen and oxygen atoms in total.